The Morgan fingerprint density at radius 3 is 2.22 bits per heavy atom. The largest absolute Gasteiger partial charge is 0.508 e. The van der Waals surface area contributed by atoms with Crippen molar-refractivity contribution in [3.63, 3.8) is 0 Å². The molecule has 1 N–H and O–H groups in total. The molecule has 2 nitrogen and oxygen atoms in total. The SMILES string of the molecule is C=C(C)CCC(=O)c1cc(O)ccc1C.CC.CCc1ccc(F)cc1F. The van der Waals surface area contributed by atoms with Crippen LogP contribution in [0.2, 0.25) is 0 Å². The van der Waals surface area contributed by atoms with Crippen molar-refractivity contribution >= 4 is 5.78 Å². The Bertz CT molecular complexity index is 752. The predicted octanol–water partition coefficient (Wildman–Crippen LogP) is 6.79. The molecule has 0 bridgehead atoms. The number of hydrogen-bond acceptors (Lipinski definition) is 2. The minimum absolute atomic E-state index is 0.0615. The third-order valence-electron chi connectivity index (χ3n) is 3.70. The first kappa shape index (κ1) is 24.5. The molecule has 27 heavy (non-hydrogen) atoms. The van der Waals surface area contributed by atoms with Crippen LogP contribution in [-0.2, 0) is 6.42 Å². The number of benzene rings is 2. The monoisotopic (exact) mass is 376 g/mol. The summed E-state index contributed by atoms with van der Waals surface area (Å²) in [6.07, 6.45) is 1.76. The van der Waals surface area contributed by atoms with Gasteiger partial charge in [0.2, 0.25) is 0 Å². The van der Waals surface area contributed by atoms with E-state index in [-0.39, 0.29) is 11.5 Å². The number of carbonyl (C=O) groups excluding carboxylic acids is 1. The summed E-state index contributed by atoms with van der Waals surface area (Å²) >= 11 is 0. The summed E-state index contributed by atoms with van der Waals surface area (Å²) < 4.78 is 24.9. The van der Waals surface area contributed by atoms with Crippen molar-refractivity contribution < 1.29 is 18.7 Å². The van der Waals surface area contributed by atoms with Crippen LogP contribution >= 0.6 is 0 Å². The van der Waals surface area contributed by atoms with Gasteiger partial charge >= 0.3 is 0 Å². The number of aryl methyl sites for hydroxylation is 2. The summed E-state index contributed by atoms with van der Waals surface area (Å²) in [4.78, 5) is 11.8. The highest BCUT2D eigenvalue weighted by Gasteiger charge is 2.09. The van der Waals surface area contributed by atoms with E-state index in [1.165, 1.54) is 18.2 Å². The van der Waals surface area contributed by atoms with Crippen molar-refractivity contribution in [1.82, 2.24) is 0 Å². The molecule has 0 aliphatic heterocycles. The van der Waals surface area contributed by atoms with Gasteiger partial charge in [0.15, 0.2) is 5.78 Å². The number of carbonyl (C=O) groups is 1. The molecule has 0 aliphatic carbocycles. The van der Waals surface area contributed by atoms with Gasteiger partial charge in [0, 0.05) is 18.1 Å². The van der Waals surface area contributed by atoms with Crippen LogP contribution in [0.15, 0.2) is 48.6 Å². The van der Waals surface area contributed by atoms with Gasteiger partial charge in [-0.1, -0.05) is 38.5 Å². The maximum atomic E-state index is 12.6. The zero-order valence-electron chi connectivity index (χ0n) is 16.9. The molecule has 0 aromatic heterocycles. The van der Waals surface area contributed by atoms with Crippen molar-refractivity contribution in [1.29, 1.82) is 0 Å². The molecular weight excluding hydrogens is 346 g/mol. The summed E-state index contributed by atoms with van der Waals surface area (Å²) in [7, 11) is 0. The quantitative estimate of drug-likeness (QED) is 0.460. The lowest BCUT2D eigenvalue weighted by Gasteiger charge is -2.05. The number of aromatic hydroxyl groups is 1. The number of rotatable bonds is 5. The second kappa shape index (κ2) is 12.8. The summed E-state index contributed by atoms with van der Waals surface area (Å²) in [5, 5.41) is 9.29. The van der Waals surface area contributed by atoms with E-state index < -0.39 is 11.6 Å². The molecule has 0 saturated carbocycles. The summed E-state index contributed by atoms with van der Waals surface area (Å²) in [5.74, 6) is -0.775. The Balaban J connectivity index is 0.000000488. The van der Waals surface area contributed by atoms with Gasteiger partial charge < -0.3 is 5.11 Å². The van der Waals surface area contributed by atoms with E-state index in [2.05, 4.69) is 6.58 Å². The lowest BCUT2D eigenvalue weighted by Crippen LogP contribution is -2.01. The second-order valence-electron chi connectivity index (χ2n) is 5.97. The highest BCUT2D eigenvalue weighted by atomic mass is 19.1. The van der Waals surface area contributed by atoms with E-state index in [9.17, 15) is 18.7 Å². The van der Waals surface area contributed by atoms with Gasteiger partial charge in [-0.25, -0.2) is 8.78 Å². The second-order valence-corrected chi connectivity index (χ2v) is 5.97. The first-order valence-electron chi connectivity index (χ1n) is 9.15. The molecule has 0 aliphatic rings. The molecule has 0 unspecified atom stereocenters. The summed E-state index contributed by atoms with van der Waals surface area (Å²) in [6.45, 7) is 13.4. The van der Waals surface area contributed by atoms with E-state index in [4.69, 9.17) is 0 Å². The Kier molecular flexibility index (Phi) is 11.6. The van der Waals surface area contributed by atoms with Gasteiger partial charge in [-0.05, 0) is 56.0 Å². The Hall–Kier alpha value is -2.49. The number of phenolic OH excluding ortho intramolecular Hbond substituents is 1. The summed E-state index contributed by atoms with van der Waals surface area (Å²) in [6, 6.07) is 8.50. The normalized spacial score (nSPS) is 9.44. The van der Waals surface area contributed by atoms with Crippen LogP contribution in [0.1, 0.15) is 62.0 Å². The third kappa shape index (κ3) is 9.13. The van der Waals surface area contributed by atoms with Gasteiger partial charge in [0.05, 0.1) is 0 Å². The van der Waals surface area contributed by atoms with Crippen molar-refractivity contribution in [2.75, 3.05) is 0 Å². The van der Waals surface area contributed by atoms with Crippen LogP contribution in [0.4, 0.5) is 8.78 Å². The summed E-state index contributed by atoms with van der Waals surface area (Å²) in [5.41, 5.74) is 3.07. The van der Waals surface area contributed by atoms with E-state index >= 15 is 0 Å². The number of Topliss-reactive ketones (excluding diaryl/α,β-unsaturated/α-hetero) is 1. The van der Waals surface area contributed by atoms with Gasteiger partial charge in [-0.3, -0.25) is 4.79 Å². The number of allylic oxidation sites excluding steroid dienone is 1. The number of ketones is 1. The Morgan fingerprint density at radius 2 is 1.70 bits per heavy atom. The molecule has 0 atom stereocenters. The van der Waals surface area contributed by atoms with Gasteiger partial charge in [-0.15, -0.1) is 6.58 Å². The predicted molar refractivity (Wildman–Crippen MR) is 108 cm³/mol. The minimum Gasteiger partial charge on any atom is -0.508 e. The van der Waals surface area contributed by atoms with Gasteiger partial charge in [0.1, 0.15) is 17.4 Å². The van der Waals surface area contributed by atoms with E-state index in [1.807, 2.05) is 34.6 Å². The fraction of sp³-hybridized carbons (Fsp3) is 0.348. The Morgan fingerprint density at radius 1 is 1.07 bits per heavy atom. The molecule has 2 aromatic carbocycles. The van der Waals surface area contributed by atoms with Crippen molar-refractivity contribution in [2.45, 2.75) is 53.9 Å². The highest BCUT2D eigenvalue weighted by molar-refractivity contribution is 5.97. The molecule has 0 fully saturated rings. The van der Waals surface area contributed by atoms with Crippen LogP contribution in [0.25, 0.3) is 0 Å². The minimum atomic E-state index is -0.519. The maximum absolute atomic E-state index is 12.6. The van der Waals surface area contributed by atoms with Crippen molar-refractivity contribution in [3.8, 4) is 5.75 Å². The molecule has 0 spiro atoms. The molecule has 148 valence electrons. The first-order valence-corrected chi connectivity index (χ1v) is 9.15. The van der Waals surface area contributed by atoms with Crippen LogP contribution in [-0.4, -0.2) is 10.9 Å². The van der Waals surface area contributed by atoms with Crippen LogP contribution < -0.4 is 0 Å². The maximum Gasteiger partial charge on any atom is 0.163 e. The van der Waals surface area contributed by atoms with Gasteiger partial charge in [-0.2, -0.15) is 0 Å². The van der Waals surface area contributed by atoms with Crippen molar-refractivity contribution in [2.24, 2.45) is 0 Å². The third-order valence-corrected chi connectivity index (χ3v) is 3.70. The zero-order valence-corrected chi connectivity index (χ0v) is 16.9. The lowest BCUT2D eigenvalue weighted by molar-refractivity contribution is 0.0982. The zero-order chi connectivity index (χ0) is 21.0. The molecule has 2 aromatic rings. The molecule has 0 radical (unpaired) electrons. The number of halogens is 2. The van der Waals surface area contributed by atoms with Crippen LogP contribution in [0.3, 0.4) is 0 Å². The standard InChI is InChI=1S/C13H16O2.C8H8F2.C2H6/c1-9(2)4-7-13(15)12-8-11(14)6-5-10(12)3;1-2-6-3-4-7(9)5-8(6)10;1-2/h5-6,8,14H,1,4,7H2,2-3H3;3-5H,2H2,1H3;1-2H3. The van der Waals surface area contributed by atoms with Crippen LogP contribution in [0, 0.1) is 18.6 Å². The smallest absolute Gasteiger partial charge is 0.163 e. The Labute approximate surface area is 161 Å². The number of hydrogen-bond donors (Lipinski definition) is 1. The van der Waals surface area contributed by atoms with E-state index in [1.54, 1.807) is 12.1 Å². The first-order chi connectivity index (χ1) is 12.7. The van der Waals surface area contributed by atoms with E-state index in [0.717, 1.165) is 17.2 Å². The van der Waals surface area contributed by atoms with E-state index in [0.29, 0.717) is 30.4 Å². The fourth-order valence-corrected chi connectivity index (χ4v) is 2.18. The van der Waals surface area contributed by atoms with Crippen LogP contribution in [0.5, 0.6) is 5.75 Å². The topological polar surface area (TPSA) is 37.3 Å². The fourth-order valence-electron chi connectivity index (χ4n) is 2.18. The molecule has 4 heteroatoms. The molecule has 0 amide bonds. The average molecular weight is 376 g/mol. The molecule has 0 heterocycles. The average Bonchev–Trinajstić information content (AvgIpc) is 2.64. The highest BCUT2D eigenvalue weighted by Crippen LogP contribution is 2.18. The lowest BCUT2D eigenvalue weighted by atomic mass is 10.00. The number of phenols is 1. The van der Waals surface area contributed by atoms with Gasteiger partial charge in [0.25, 0.3) is 0 Å². The molecule has 2 rings (SSSR count). The molecular formula is C23H30F2O2. The van der Waals surface area contributed by atoms with Crippen molar-refractivity contribution in [3.05, 3.63) is 76.9 Å². The molecule has 0 saturated heterocycles.